The number of nitrogens with two attached hydrogens (primary N) is 1. The van der Waals surface area contributed by atoms with Gasteiger partial charge in [-0.05, 0) is 80.4 Å². The molecule has 256 valence electrons. The largest absolute Gasteiger partial charge is 0.489 e. The third kappa shape index (κ3) is 10.0. The number of likely N-dealkylation sites (tertiary alicyclic amines) is 1. The molecule has 0 radical (unpaired) electrons. The molecule has 4 aromatic rings. The maximum absolute atomic E-state index is 13.3. The second-order valence-corrected chi connectivity index (χ2v) is 12.2. The summed E-state index contributed by atoms with van der Waals surface area (Å²) >= 11 is 0. The van der Waals surface area contributed by atoms with Crippen molar-refractivity contribution in [3.05, 3.63) is 102 Å². The number of rotatable bonds is 12. The Balaban J connectivity index is 0.000000579. The summed E-state index contributed by atoms with van der Waals surface area (Å²) < 4.78 is 6.05. The minimum atomic E-state index is -1.21. The fourth-order valence-corrected chi connectivity index (χ4v) is 5.59. The molecule has 8 N–H and O–H groups in total. The number of pyridine rings is 2. The summed E-state index contributed by atoms with van der Waals surface area (Å²) in [4.78, 5) is 36.5. The standard InChI is InChI=1S/C31H33N5O4.C4H11NO3/c1-22-17-25(27-5-2-3-6-28(27)33-22)20-40-26-9-7-24(8-10-26)30(38)34-31(18-29(37)35-39)13-4-16-36(21-31)19-23-11-14-32-15-12-23;5-4(1-6,2-7)3-8/h2-3,5-12,14-15,17,39H,4,13,16,18-21H2,1H3,(H,34,38)(H,35,37);6-8H,1-3,5H2. The van der Waals surface area contributed by atoms with Gasteiger partial charge >= 0.3 is 0 Å². The van der Waals surface area contributed by atoms with Gasteiger partial charge in [0.25, 0.3) is 5.91 Å². The van der Waals surface area contributed by atoms with Gasteiger partial charge in [0.2, 0.25) is 5.91 Å². The molecule has 0 bridgehead atoms. The second kappa shape index (κ2) is 17.1. The fourth-order valence-electron chi connectivity index (χ4n) is 5.59. The monoisotopic (exact) mass is 660 g/mol. The van der Waals surface area contributed by atoms with Gasteiger partial charge in [0.1, 0.15) is 12.4 Å². The number of hydrogen-bond acceptors (Lipinski definition) is 11. The second-order valence-electron chi connectivity index (χ2n) is 12.2. The van der Waals surface area contributed by atoms with Crippen LogP contribution in [0.4, 0.5) is 0 Å². The number of ether oxygens (including phenoxy) is 1. The smallest absolute Gasteiger partial charge is 0.251 e. The average molecular weight is 661 g/mol. The minimum absolute atomic E-state index is 0.0252. The van der Waals surface area contributed by atoms with E-state index in [1.807, 2.05) is 49.4 Å². The van der Waals surface area contributed by atoms with E-state index in [4.69, 9.17) is 25.8 Å². The number of aryl methyl sites for hydroxylation is 1. The summed E-state index contributed by atoms with van der Waals surface area (Å²) in [6.45, 7) is 3.14. The molecule has 13 nitrogen and oxygen atoms in total. The molecule has 3 heterocycles. The minimum Gasteiger partial charge on any atom is -0.489 e. The molecular weight excluding hydrogens is 616 g/mol. The number of para-hydroxylation sites is 1. The van der Waals surface area contributed by atoms with E-state index < -0.39 is 36.8 Å². The molecule has 13 heteroatoms. The van der Waals surface area contributed by atoms with Gasteiger partial charge in [-0.25, -0.2) is 5.48 Å². The first kappa shape index (κ1) is 36.3. The molecule has 2 aromatic heterocycles. The molecule has 0 spiro atoms. The summed E-state index contributed by atoms with van der Waals surface area (Å²) in [5, 5.41) is 38.4. The Morgan fingerprint density at radius 1 is 1.02 bits per heavy atom. The fraction of sp³-hybridized carbons (Fsp3) is 0.371. The van der Waals surface area contributed by atoms with Crippen LogP contribution in [0.15, 0.2) is 79.1 Å². The number of aliphatic hydroxyl groups is 3. The Labute approximate surface area is 279 Å². The van der Waals surface area contributed by atoms with E-state index in [2.05, 4.69) is 20.2 Å². The zero-order valence-corrected chi connectivity index (χ0v) is 27.0. The van der Waals surface area contributed by atoms with Crippen LogP contribution in [0.3, 0.4) is 0 Å². The summed E-state index contributed by atoms with van der Waals surface area (Å²) in [5.74, 6) is -0.168. The lowest BCUT2D eigenvalue weighted by atomic mass is 9.84. The highest BCUT2D eigenvalue weighted by molar-refractivity contribution is 5.95. The van der Waals surface area contributed by atoms with Crippen molar-refractivity contribution >= 4 is 22.7 Å². The molecule has 1 fully saturated rings. The van der Waals surface area contributed by atoms with Gasteiger partial charge in [0.05, 0.1) is 42.8 Å². The SMILES string of the molecule is Cc1cc(COc2ccc(C(=O)NC3(CC(=O)NO)CCCN(Cc4ccncc4)C3)cc2)c2ccccc2n1.NC(CO)(CO)CO. The van der Waals surface area contributed by atoms with Crippen molar-refractivity contribution in [2.45, 2.75) is 50.4 Å². The molecule has 1 saturated heterocycles. The number of carbonyl (C=O) groups excluding carboxylic acids is 2. The predicted octanol–water partition coefficient (Wildman–Crippen LogP) is 1.84. The molecular formula is C35H44N6O7. The van der Waals surface area contributed by atoms with E-state index in [1.165, 1.54) is 0 Å². The molecule has 5 rings (SSSR count). The van der Waals surface area contributed by atoms with Crippen LogP contribution < -0.4 is 21.3 Å². The van der Waals surface area contributed by atoms with Gasteiger partial charge < -0.3 is 31.1 Å². The van der Waals surface area contributed by atoms with Crippen molar-refractivity contribution in [3.8, 4) is 5.75 Å². The van der Waals surface area contributed by atoms with Crippen LogP contribution in [0, 0.1) is 6.92 Å². The van der Waals surface area contributed by atoms with Crippen LogP contribution in [-0.4, -0.2) is 91.2 Å². The highest BCUT2D eigenvalue weighted by atomic mass is 16.5. The van der Waals surface area contributed by atoms with E-state index in [0.717, 1.165) is 40.7 Å². The zero-order chi connectivity index (χ0) is 34.6. The number of nitrogens with one attached hydrogen (secondary N) is 2. The lowest BCUT2D eigenvalue weighted by molar-refractivity contribution is -0.131. The Hall–Kier alpha value is -4.50. The van der Waals surface area contributed by atoms with Crippen LogP contribution in [0.5, 0.6) is 5.75 Å². The quantitative estimate of drug-likeness (QED) is 0.0863. The number of piperidine rings is 1. The number of aromatic nitrogens is 2. The molecule has 1 unspecified atom stereocenters. The van der Waals surface area contributed by atoms with Crippen molar-refractivity contribution in [1.29, 1.82) is 0 Å². The van der Waals surface area contributed by atoms with Crippen LogP contribution in [0.2, 0.25) is 0 Å². The number of nitrogens with zero attached hydrogens (tertiary/aromatic N) is 3. The molecule has 1 aliphatic heterocycles. The van der Waals surface area contributed by atoms with E-state index in [-0.39, 0.29) is 12.3 Å². The van der Waals surface area contributed by atoms with Crippen molar-refractivity contribution in [2.75, 3.05) is 32.9 Å². The highest BCUT2D eigenvalue weighted by Crippen LogP contribution is 2.27. The van der Waals surface area contributed by atoms with Crippen molar-refractivity contribution in [3.63, 3.8) is 0 Å². The lowest BCUT2D eigenvalue weighted by Gasteiger charge is -2.43. The maximum Gasteiger partial charge on any atom is 0.251 e. The summed E-state index contributed by atoms with van der Waals surface area (Å²) in [5.41, 5.74) is 9.32. The first-order valence-electron chi connectivity index (χ1n) is 15.7. The van der Waals surface area contributed by atoms with E-state index in [9.17, 15) is 14.8 Å². The third-order valence-corrected chi connectivity index (χ3v) is 8.20. The van der Waals surface area contributed by atoms with Crippen LogP contribution in [-0.2, 0) is 17.9 Å². The molecule has 1 aliphatic rings. The summed E-state index contributed by atoms with van der Waals surface area (Å²) in [6, 6.07) is 20.9. The van der Waals surface area contributed by atoms with Crippen LogP contribution in [0.1, 0.15) is 46.4 Å². The van der Waals surface area contributed by atoms with Crippen molar-refractivity contribution < 1.29 is 34.9 Å². The van der Waals surface area contributed by atoms with Crippen LogP contribution in [0.25, 0.3) is 10.9 Å². The first-order chi connectivity index (χ1) is 23.1. The van der Waals surface area contributed by atoms with E-state index >= 15 is 0 Å². The zero-order valence-electron chi connectivity index (χ0n) is 27.0. The Kier molecular flexibility index (Phi) is 12.9. The number of amides is 2. The van der Waals surface area contributed by atoms with Crippen molar-refractivity contribution in [1.82, 2.24) is 25.7 Å². The highest BCUT2D eigenvalue weighted by Gasteiger charge is 2.39. The molecule has 0 aliphatic carbocycles. The topological polar surface area (TPSA) is 203 Å². The molecule has 48 heavy (non-hydrogen) atoms. The maximum atomic E-state index is 13.3. The number of hydrogen-bond donors (Lipinski definition) is 7. The van der Waals surface area contributed by atoms with Gasteiger partial charge in [0.15, 0.2) is 0 Å². The van der Waals surface area contributed by atoms with Gasteiger partial charge in [-0.3, -0.25) is 29.7 Å². The molecule has 2 amide bonds. The Morgan fingerprint density at radius 3 is 2.35 bits per heavy atom. The number of fused-ring (bicyclic) bond motifs is 1. The number of carbonyl (C=O) groups is 2. The number of aliphatic hydroxyl groups excluding tert-OH is 3. The van der Waals surface area contributed by atoms with E-state index in [0.29, 0.717) is 37.4 Å². The van der Waals surface area contributed by atoms with Gasteiger partial charge in [-0.2, -0.15) is 0 Å². The molecule has 2 aromatic carbocycles. The Morgan fingerprint density at radius 2 is 1.71 bits per heavy atom. The molecule has 1 atom stereocenters. The van der Waals surface area contributed by atoms with Crippen LogP contribution >= 0.6 is 0 Å². The normalized spacial score (nSPS) is 16.5. The number of hydroxylamine groups is 1. The summed E-state index contributed by atoms with van der Waals surface area (Å²) in [6.07, 6.45) is 4.91. The molecule has 0 saturated carbocycles. The Bertz CT molecular complexity index is 1630. The van der Waals surface area contributed by atoms with Gasteiger partial charge in [-0.15, -0.1) is 0 Å². The van der Waals surface area contributed by atoms with E-state index in [1.54, 1.807) is 42.1 Å². The number of benzene rings is 2. The van der Waals surface area contributed by atoms with Gasteiger partial charge in [0, 0.05) is 47.7 Å². The lowest BCUT2D eigenvalue weighted by Crippen LogP contribution is -2.60. The third-order valence-electron chi connectivity index (χ3n) is 8.20. The average Bonchev–Trinajstić information content (AvgIpc) is 3.11. The van der Waals surface area contributed by atoms with Gasteiger partial charge in [-0.1, -0.05) is 18.2 Å². The first-order valence-corrected chi connectivity index (χ1v) is 15.7. The predicted molar refractivity (Wildman–Crippen MR) is 179 cm³/mol. The van der Waals surface area contributed by atoms with Crippen molar-refractivity contribution in [2.24, 2.45) is 5.73 Å². The summed E-state index contributed by atoms with van der Waals surface area (Å²) in [7, 11) is 0.